The zero-order valence-corrected chi connectivity index (χ0v) is 15.9. The van der Waals surface area contributed by atoms with Crippen molar-refractivity contribution in [2.75, 3.05) is 0 Å². The Morgan fingerprint density at radius 1 is 1.28 bits per heavy atom. The Labute approximate surface area is 156 Å². The third kappa shape index (κ3) is 5.38. The van der Waals surface area contributed by atoms with E-state index in [2.05, 4.69) is 4.98 Å². The zero-order valence-electron chi connectivity index (χ0n) is 14.4. The number of carboxylic acid groups (broad SMARTS) is 1. The molecular weight excluding hydrogens is 358 g/mol. The first-order valence-electron chi connectivity index (χ1n) is 8.39. The van der Waals surface area contributed by atoms with E-state index in [4.69, 9.17) is 11.6 Å². The van der Waals surface area contributed by atoms with Crippen molar-refractivity contribution in [2.45, 2.75) is 39.5 Å². The number of thiazole rings is 1. The van der Waals surface area contributed by atoms with Crippen molar-refractivity contribution < 1.29 is 14.7 Å². The van der Waals surface area contributed by atoms with Gasteiger partial charge in [-0.15, -0.1) is 11.3 Å². The van der Waals surface area contributed by atoms with Crippen molar-refractivity contribution >= 4 is 34.7 Å². The fourth-order valence-electron chi connectivity index (χ4n) is 2.98. The second-order valence-electron chi connectivity index (χ2n) is 6.10. The minimum Gasteiger partial charge on any atom is -0.481 e. The third-order valence-electron chi connectivity index (χ3n) is 4.38. The van der Waals surface area contributed by atoms with Crippen LogP contribution < -0.4 is 0 Å². The van der Waals surface area contributed by atoms with Gasteiger partial charge in [-0.1, -0.05) is 50.4 Å². The number of carbonyl (C=O) groups is 2. The van der Waals surface area contributed by atoms with Crippen molar-refractivity contribution in [1.82, 2.24) is 4.98 Å². The van der Waals surface area contributed by atoms with Gasteiger partial charge >= 0.3 is 5.97 Å². The molecule has 1 unspecified atom stereocenters. The molecule has 0 saturated heterocycles. The van der Waals surface area contributed by atoms with E-state index in [0.717, 1.165) is 23.4 Å². The summed E-state index contributed by atoms with van der Waals surface area (Å²) in [5, 5.41) is 12.7. The Kier molecular flexibility index (Phi) is 7.14. The van der Waals surface area contributed by atoms with Crippen LogP contribution in [0.3, 0.4) is 0 Å². The highest BCUT2D eigenvalue weighted by Gasteiger charge is 2.28. The molecular formula is C19H22ClNO3S. The number of rotatable bonds is 9. The Morgan fingerprint density at radius 2 is 2.00 bits per heavy atom. The fraction of sp³-hybridized carbons (Fsp3) is 0.421. The summed E-state index contributed by atoms with van der Waals surface area (Å²) in [4.78, 5) is 28.3. The largest absolute Gasteiger partial charge is 0.481 e. The topological polar surface area (TPSA) is 67.3 Å². The molecule has 6 heteroatoms. The van der Waals surface area contributed by atoms with Gasteiger partial charge in [-0.05, 0) is 18.1 Å². The lowest BCUT2D eigenvalue weighted by atomic mass is 9.84. The number of aromatic nitrogens is 1. The Hall–Kier alpha value is -1.72. The molecule has 0 spiro atoms. The number of aliphatic carboxylic acids is 1. The number of carboxylic acids is 1. The summed E-state index contributed by atoms with van der Waals surface area (Å²) in [5.41, 5.74) is 1.59. The Bertz CT molecular complexity index is 740. The van der Waals surface area contributed by atoms with E-state index in [-0.39, 0.29) is 24.5 Å². The molecule has 0 bridgehead atoms. The van der Waals surface area contributed by atoms with E-state index in [0.29, 0.717) is 10.7 Å². The van der Waals surface area contributed by atoms with Crippen LogP contribution >= 0.6 is 22.9 Å². The zero-order chi connectivity index (χ0) is 18.4. The summed E-state index contributed by atoms with van der Waals surface area (Å²) in [6.07, 6.45) is 1.75. The van der Waals surface area contributed by atoms with Crippen LogP contribution in [0.25, 0.3) is 10.6 Å². The number of benzene rings is 1. The minimum atomic E-state index is -0.889. The normalized spacial score (nSPS) is 12.3. The fourth-order valence-corrected chi connectivity index (χ4v) is 3.98. The molecule has 0 aliphatic rings. The summed E-state index contributed by atoms with van der Waals surface area (Å²) in [5.74, 6) is -1.56. The second kappa shape index (κ2) is 9.11. The average Bonchev–Trinajstić information content (AvgIpc) is 3.03. The van der Waals surface area contributed by atoms with E-state index in [1.54, 1.807) is 6.07 Å². The number of ketones is 1. The smallest absolute Gasteiger partial charge is 0.307 e. The highest BCUT2D eigenvalue weighted by atomic mass is 35.5. The van der Waals surface area contributed by atoms with E-state index in [1.165, 1.54) is 11.3 Å². The molecule has 1 aromatic carbocycles. The second-order valence-corrected chi connectivity index (χ2v) is 7.39. The van der Waals surface area contributed by atoms with Crippen molar-refractivity contribution in [3.05, 3.63) is 40.4 Å². The molecule has 4 nitrogen and oxygen atoms in total. The Balaban J connectivity index is 2.04. The molecule has 0 saturated carbocycles. The van der Waals surface area contributed by atoms with E-state index in [9.17, 15) is 14.7 Å². The SMILES string of the molecule is CCC(CC)C(CC(=O)Cc1csc(-c2cccc(Cl)c2)n1)C(=O)O. The maximum Gasteiger partial charge on any atom is 0.307 e. The van der Waals surface area contributed by atoms with E-state index < -0.39 is 11.9 Å². The Morgan fingerprint density at radius 3 is 2.60 bits per heavy atom. The minimum absolute atomic E-state index is 0.0268. The van der Waals surface area contributed by atoms with Crippen LogP contribution in [0.1, 0.15) is 38.8 Å². The van der Waals surface area contributed by atoms with Gasteiger partial charge in [0.15, 0.2) is 0 Å². The summed E-state index contributed by atoms with van der Waals surface area (Å²) in [6, 6.07) is 7.41. The van der Waals surface area contributed by atoms with Crippen molar-refractivity contribution in [2.24, 2.45) is 11.8 Å². The van der Waals surface area contributed by atoms with E-state index in [1.807, 2.05) is 37.4 Å². The number of nitrogens with zero attached hydrogens (tertiary/aromatic N) is 1. The monoisotopic (exact) mass is 379 g/mol. The molecule has 25 heavy (non-hydrogen) atoms. The van der Waals surface area contributed by atoms with Crippen molar-refractivity contribution in [3.8, 4) is 10.6 Å². The molecule has 2 aromatic rings. The van der Waals surface area contributed by atoms with Gasteiger partial charge in [-0.2, -0.15) is 0 Å². The number of hydrogen-bond donors (Lipinski definition) is 1. The number of carbonyl (C=O) groups excluding carboxylic acids is 1. The molecule has 0 amide bonds. The number of halogens is 1. The summed E-state index contributed by atoms with van der Waals surface area (Å²) >= 11 is 7.45. The quantitative estimate of drug-likeness (QED) is 0.657. The van der Waals surface area contributed by atoms with Gasteiger partial charge in [0.05, 0.1) is 11.6 Å². The lowest BCUT2D eigenvalue weighted by Crippen LogP contribution is -2.26. The van der Waals surface area contributed by atoms with Crippen LogP contribution in [0.4, 0.5) is 0 Å². The summed E-state index contributed by atoms with van der Waals surface area (Å²) < 4.78 is 0. The van der Waals surface area contributed by atoms with Crippen molar-refractivity contribution in [1.29, 1.82) is 0 Å². The van der Waals surface area contributed by atoms with Gasteiger partial charge < -0.3 is 5.11 Å². The first-order chi connectivity index (χ1) is 11.9. The molecule has 0 fully saturated rings. The summed E-state index contributed by atoms with van der Waals surface area (Å²) in [6.45, 7) is 3.93. The molecule has 0 radical (unpaired) electrons. The summed E-state index contributed by atoms with van der Waals surface area (Å²) in [7, 11) is 0. The average molecular weight is 380 g/mol. The van der Waals surface area contributed by atoms with Crippen LogP contribution in [0.5, 0.6) is 0 Å². The predicted molar refractivity (Wildman–Crippen MR) is 101 cm³/mol. The van der Waals surface area contributed by atoms with Gasteiger partial charge in [0.1, 0.15) is 10.8 Å². The number of Topliss-reactive ketones (excluding diaryl/α,β-unsaturated/α-hetero) is 1. The first-order valence-corrected chi connectivity index (χ1v) is 9.65. The van der Waals surface area contributed by atoms with Crippen LogP contribution in [-0.4, -0.2) is 21.8 Å². The van der Waals surface area contributed by atoms with Crippen molar-refractivity contribution in [3.63, 3.8) is 0 Å². The van der Waals surface area contributed by atoms with Gasteiger partial charge in [0.2, 0.25) is 0 Å². The van der Waals surface area contributed by atoms with Crippen LogP contribution in [-0.2, 0) is 16.0 Å². The molecule has 0 aliphatic heterocycles. The van der Waals surface area contributed by atoms with Gasteiger partial charge in [0, 0.05) is 28.8 Å². The van der Waals surface area contributed by atoms with Crippen LogP contribution in [0.2, 0.25) is 5.02 Å². The molecule has 1 atom stereocenters. The molecule has 2 rings (SSSR count). The molecule has 1 heterocycles. The highest BCUT2D eigenvalue weighted by Crippen LogP contribution is 2.27. The van der Waals surface area contributed by atoms with Gasteiger partial charge in [0.25, 0.3) is 0 Å². The molecule has 1 N–H and O–H groups in total. The maximum atomic E-state index is 12.3. The van der Waals surface area contributed by atoms with E-state index >= 15 is 0 Å². The molecule has 0 aliphatic carbocycles. The first kappa shape index (κ1) is 19.6. The lowest BCUT2D eigenvalue weighted by molar-refractivity contribution is -0.146. The lowest BCUT2D eigenvalue weighted by Gasteiger charge is -2.20. The third-order valence-corrected chi connectivity index (χ3v) is 5.56. The number of hydrogen-bond acceptors (Lipinski definition) is 4. The van der Waals surface area contributed by atoms with Gasteiger partial charge in [-0.3, -0.25) is 9.59 Å². The van der Waals surface area contributed by atoms with Crippen LogP contribution in [0, 0.1) is 11.8 Å². The predicted octanol–water partition coefficient (Wildman–Crippen LogP) is 5.10. The molecule has 134 valence electrons. The highest BCUT2D eigenvalue weighted by molar-refractivity contribution is 7.13. The molecule has 1 aromatic heterocycles. The maximum absolute atomic E-state index is 12.3. The van der Waals surface area contributed by atoms with Gasteiger partial charge in [-0.25, -0.2) is 4.98 Å². The standard InChI is InChI=1S/C19H22ClNO3S/c1-3-12(4-2)17(19(23)24)10-16(22)9-15-11-25-18(21-15)13-6-5-7-14(20)8-13/h5-8,11-12,17H,3-4,9-10H2,1-2H3,(H,23,24). The van der Waals surface area contributed by atoms with Crippen LogP contribution in [0.15, 0.2) is 29.6 Å².